The van der Waals surface area contributed by atoms with Crippen LogP contribution in [0.5, 0.6) is 0 Å². The number of fused-ring (bicyclic) bond motifs is 4. The van der Waals surface area contributed by atoms with Crippen molar-refractivity contribution in [2.45, 2.75) is 104 Å². The average molecular weight is 452 g/mol. The third-order valence-corrected chi connectivity index (χ3v) is 11.0. The molecule has 3 saturated carbocycles. The van der Waals surface area contributed by atoms with Crippen LogP contribution < -0.4 is 5.32 Å². The van der Waals surface area contributed by atoms with Gasteiger partial charge in [-0.1, -0.05) is 32.4 Å². The zero-order chi connectivity index (χ0) is 23.2. The van der Waals surface area contributed by atoms with Crippen LogP contribution in [0.4, 0.5) is 0 Å². The molecule has 0 aromatic rings. The maximum atomic E-state index is 13.1. The summed E-state index contributed by atoms with van der Waals surface area (Å²) in [7, 11) is 0. The molecule has 0 amide bonds. The zero-order valence-corrected chi connectivity index (χ0v) is 20.9. The molecular weight excluding hydrogens is 410 g/mol. The van der Waals surface area contributed by atoms with E-state index in [1.807, 2.05) is 6.08 Å². The topological polar surface area (TPSA) is 55.4 Å². The highest BCUT2D eigenvalue weighted by molar-refractivity contribution is 5.91. The molecule has 0 bridgehead atoms. The summed E-state index contributed by atoms with van der Waals surface area (Å²) in [4.78, 5) is 25.3. The molecule has 180 valence electrons. The number of nitrogens with one attached hydrogen (secondary N) is 1. The first-order valence-corrected chi connectivity index (χ1v) is 13.5. The Labute approximate surface area is 199 Å². The minimum Gasteiger partial charge on any atom is -0.462 e. The maximum Gasteiger partial charge on any atom is 0.313 e. The molecule has 1 spiro atoms. The molecule has 6 aliphatic rings. The van der Waals surface area contributed by atoms with Gasteiger partial charge in [-0.2, -0.15) is 0 Å². The van der Waals surface area contributed by atoms with Crippen LogP contribution in [-0.2, 0) is 14.3 Å². The number of rotatable bonds is 2. The van der Waals surface area contributed by atoms with E-state index in [1.54, 1.807) is 5.57 Å². The lowest BCUT2D eigenvalue weighted by Crippen LogP contribution is -2.53. The van der Waals surface area contributed by atoms with Crippen LogP contribution >= 0.6 is 0 Å². The van der Waals surface area contributed by atoms with Crippen molar-refractivity contribution in [3.63, 3.8) is 0 Å². The van der Waals surface area contributed by atoms with E-state index in [2.05, 4.69) is 39.1 Å². The SMILES string of the molecule is C[C@H]1OC(=O)[C@]23CC[C@H]4[C@@H](CC=C5C[C@H](NC6=CC(=O)CC(C)(C)C6)CC[C@@]54C)[C@@H]2CC[C@H]13. The Hall–Kier alpha value is -1.58. The van der Waals surface area contributed by atoms with Gasteiger partial charge < -0.3 is 10.1 Å². The van der Waals surface area contributed by atoms with E-state index in [9.17, 15) is 9.59 Å². The Bertz CT molecular complexity index is 947. The molecule has 1 N–H and O–H groups in total. The van der Waals surface area contributed by atoms with Gasteiger partial charge in [0.25, 0.3) is 0 Å². The van der Waals surface area contributed by atoms with Crippen molar-refractivity contribution in [1.82, 2.24) is 5.32 Å². The highest BCUT2D eigenvalue weighted by atomic mass is 16.6. The summed E-state index contributed by atoms with van der Waals surface area (Å²) in [6.07, 6.45) is 15.4. The fourth-order valence-corrected chi connectivity index (χ4v) is 9.62. The van der Waals surface area contributed by atoms with Gasteiger partial charge in [0.1, 0.15) is 6.10 Å². The molecule has 4 fully saturated rings. The summed E-state index contributed by atoms with van der Waals surface area (Å²) < 4.78 is 5.82. The first-order chi connectivity index (χ1) is 15.6. The van der Waals surface area contributed by atoms with Crippen LogP contribution in [0.2, 0.25) is 0 Å². The minimum absolute atomic E-state index is 0.0603. The number of cyclic esters (lactones) is 1. The van der Waals surface area contributed by atoms with Crippen molar-refractivity contribution in [3.05, 3.63) is 23.4 Å². The number of allylic oxidation sites excluding steroid dienone is 3. The molecule has 0 aromatic carbocycles. The molecule has 6 rings (SSSR count). The highest BCUT2D eigenvalue weighted by Crippen LogP contribution is 2.68. The van der Waals surface area contributed by atoms with E-state index in [1.165, 1.54) is 32.1 Å². The molecule has 0 radical (unpaired) electrons. The Morgan fingerprint density at radius 2 is 1.76 bits per heavy atom. The third-order valence-electron chi connectivity index (χ3n) is 11.0. The second-order valence-electron chi connectivity index (χ2n) is 13.4. The number of carbonyl (C=O) groups is 2. The van der Waals surface area contributed by atoms with Gasteiger partial charge in [0.2, 0.25) is 0 Å². The van der Waals surface area contributed by atoms with Gasteiger partial charge in [0.15, 0.2) is 5.78 Å². The second kappa shape index (κ2) is 7.21. The first-order valence-electron chi connectivity index (χ1n) is 13.5. The molecule has 4 heteroatoms. The van der Waals surface area contributed by atoms with Crippen LogP contribution in [0.15, 0.2) is 23.4 Å². The number of esters is 1. The van der Waals surface area contributed by atoms with Crippen molar-refractivity contribution in [2.24, 2.45) is 39.9 Å². The van der Waals surface area contributed by atoms with Crippen LogP contribution in [0.3, 0.4) is 0 Å². The van der Waals surface area contributed by atoms with Gasteiger partial charge in [-0.15, -0.1) is 0 Å². The number of ether oxygens (including phenoxy) is 1. The largest absolute Gasteiger partial charge is 0.462 e. The Morgan fingerprint density at radius 3 is 2.55 bits per heavy atom. The van der Waals surface area contributed by atoms with Gasteiger partial charge in [0, 0.05) is 30.2 Å². The van der Waals surface area contributed by atoms with Crippen molar-refractivity contribution < 1.29 is 14.3 Å². The Balaban J connectivity index is 1.21. The van der Waals surface area contributed by atoms with E-state index < -0.39 is 0 Å². The van der Waals surface area contributed by atoms with Gasteiger partial charge in [-0.05, 0) is 93.3 Å². The van der Waals surface area contributed by atoms with Gasteiger partial charge in [-0.25, -0.2) is 0 Å². The average Bonchev–Trinajstić information content (AvgIpc) is 3.23. The summed E-state index contributed by atoms with van der Waals surface area (Å²) in [5, 5.41) is 3.78. The molecule has 1 aliphatic heterocycles. The number of hydrogen-bond acceptors (Lipinski definition) is 4. The van der Waals surface area contributed by atoms with Crippen LogP contribution in [-0.4, -0.2) is 23.9 Å². The van der Waals surface area contributed by atoms with E-state index in [-0.39, 0.29) is 34.1 Å². The van der Waals surface area contributed by atoms with Crippen molar-refractivity contribution in [2.75, 3.05) is 0 Å². The molecular formula is C29H41NO3. The summed E-state index contributed by atoms with van der Waals surface area (Å²) in [5.41, 5.74) is 2.94. The maximum absolute atomic E-state index is 13.1. The van der Waals surface area contributed by atoms with Crippen molar-refractivity contribution in [3.8, 4) is 0 Å². The van der Waals surface area contributed by atoms with Gasteiger partial charge in [-0.3, -0.25) is 9.59 Å². The normalized spacial score (nSPS) is 48.0. The van der Waals surface area contributed by atoms with Crippen molar-refractivity contribution >= 4 is 11.8 Å². The minimum atomic E-state index is -0.173. The van der Waals surface area contributed by atoms with E-state index in [0.29, 0.717) is 36.1 Å². The molecule has 1 heterocycles. The Morgan fingerprint density at radius 1 is 0.970 bits per heavy atom. The molecule has 4 nitrogen and oxygen atoms in total. The first kappa shape index (κ1) is 21.9. The van der Waals surface area contributed by atoms with Crippen molar-refractivity contribution in [1.29, 1.82) is 0 Å². The van der Waals surface area contributed by atoms with E-state index in [4.69, 9.17) is 4.74 Å². The summed E-state index contributed by atoms with van der Waals surface area (Å²) in [5.74, 6) is 2.70. The standard InChI is InChI=1S/C29H41NO3/c1-17-23-7-8-25-22-6-5-18-13-19(30-20-14-21(31)16-27(2,3)15-20)9-11-28(18,4)24(22)10-12-29(23,25)26(32)33-17/h5,14,17,19,22-25,30H,6-13,15-16H2,1-4H3/t17-,19-,22-,23-,24+,25+,28+,29+/m1/s1. The lowest BCUT2D eigenvalue weighted by molar-refractivity contribution is -0.156. The van der Waals surface area contributed by atoms with Crippen LogP contribution in [0.1, 0.15) is 91.9 Å². The predicted octanol–water partition coefficient (Wildman–Crippen LogP) is 5.72. The molecule has 8 atom stereocenters. The summed E-state index contributed by atoms with van der Waals surface area (Å²) >= 11 is 0. The van der Waals surface area contributed by atoms with Gasteiger partial charge >= 0.3 is 5.97 Å². The van der Waals surface area contributed by atoms with Crippen LogP contribution in [0, 0.1) is 39.9 Å². The van der Waals surface area contributed by atoms with Crippen LogP contribution in [0.25, 0.3) is 0 Å². The summed E-state index contributed by atoms with van der Waals surface area (Å²) in [6.45, 7) is 9.05. The fraction of sp³-hybridized carbons (Fsp3) is 0.793. The number of hydrogen-bond donors (Lipinski definition) is 1. The molecule has 0 aromatic heterocycles. The predicted molar refractivity (Wildman–Crippen MR) is 128 cm³/mol. The quantitative estimate of drug-likeness (QED) is 0.431. The lowest BCUT2D eigenvalue weighted by Gasteiger charge is -2.57. The monoisotopic (exact) mass is 451 g/mol. The summed E-state index contributed by atoms with van der Waals surface area (Å²) in [6, 6.07) is 0.435. The highest BCUT2D eigenvalue weighted by Gasteiger charge is 2.68. The Kier molecular flexibility index (Phi) is 4.79. The second-order valence-corrected chi connectivity index (χ2v) is 13.4. The zero-order valence-electron chi connectivity index (χ0n) is 20.9. The third kappa shape index (κ3) is 3.14. The van der Waals surface area contributed by atoms with E-state index in [0.717, 1.165) is 31.4 Å². The molecule has 0 unspecified atom stereocenters. The molecule has 5 aliphatic carbocycles. The number of carbonyl (C=O) groups excluding carboxylic acids is 2. The molecule has 33 heavy (non-hydrogen) atoms. The smallest absolute Gasteiger partial charge is 0.313 e. The van der Waals surface area contributed by atoms with Gasteiger partial charge in [0.05, 0.1) is 5.41 Å². The fourth-order valence-electron chi connectivity index (χ4n) is 9.62. The molecule has 1 saturated heterocycles. The van der Waals surface area contributed by atoms with E-state index >= 15 is 0 Å². The lowest BCUT2D eigenvalue weighted by atomic mass is 9.47. The number of ketones is 1.